The fourth-order valence-corrected chi connectivity index (χ4v) is 1.71. The lowest BCUT2D eigenvalue weighted by atomic mass is 10.00. The maximum Gasteiger partial charge on any atom is 0.0324 e. The zero-order chi connectivity index (χ0) is 9.97. The molecule has 1 atom stereocenters. The molecule has 0 aliphatic carbocycles. The minimum absolute atomic E-state index is 0.154. The maximum atomic E-state index is 4.07. The van der Waals surface area contributed by atoms with Gasteiger partial charge in [-0.2, -0.15) is 0 Å². The third-order valence-electron chi connectivity index (χ3n) is 2.55. The van der Waals surface area contributed by atoms with E-state index in [1.54, 1.807) is 0 Å². The average Bonchev–Trinajstić information content (AvgIpc) is 2.27. The van der Waals surface area contributed by atoms with Gasteiger partial charge in [0.2, 0.25) is 0 Å². The van der Waals surface area contributed by atoms with Crippen molar-refractivity contribution < 1.29 is 0 Å². The molecule has 2 rings (SSSR count). The number of benzene rings is 2. The first-order valence-electron chi connectivity index (χ1n) is 4.81. The standard InChI is InChI=1S/C13H14N/c1-10(14-2)12-9-5-7-11-6-3-4-8-13(11)12/h3-10,14H,1H2,2H3/t10-/m0/s1. The second kappa shape index (κ2) is 3.81. The van der Waals surface area contributed by atoms with Crippen LogP contribution in [0, 0.1) is 6.92 Å². The molecule has 0 bridgehead atoms. The number of fused-ring (bicyclic) bond motifs is 1. The highest BCUT2D eigenvalue weighted by Gasteiger charge is 2.05. The fourth-order valence-electron chi connectivity index (χ4n) is 1.71. The van der Waals surface area contributed by atoms with Gasteiger partial charge in [0.25, 0.3) is 0 Å². The van der Waals surface area contributed by atoms with Crippen molar-refractivity contribution in [1.82, 2.24) is 5.32 Å². The highest BCUT2D eigenvalue weighted by atomic mass is 14.8. The Hall–Kier alpha value is -1.34. The summed E-state index contributed by atoms with van der Waals surface area (Å²) in [5.41, 5.74) is 1.26. The van der Waals surface area contributed by atoms with E-state index in [2.05, 4.69) is 54.7 Å². The van der Waals surface area contributed by atoms with Gasteiger partial charge in [-0.05, 0) is 30.3 Å². The van der Waals surface area contributed by atoms with Gasteiger partial charge in [-0.15, -0.1) is 0 Å². The first-order valence-corrected chi connectivity index (χ1v) is 4.81. The van der Waals surface area contributed by atoms with Crippen LogP contribution in [0.25, 0.3) is 10.8 Å². The molecule has 0 spiro atoms. The number of hydrogen-bond acceptors (Lipinski definition) is 1. The zero-order valence-corrected chi connectivity index (χ0v) is 8.33. The largest absolute Gasteiger partial charge is 0.313 e. The molecule has 0 aliphatic heterocycles. The number of rotatable bonds is 2. The Bertz CT molecular complexity index is 429. The predicted octanol–water partition coefficient (Wildman–Crippen LogP) is 2.93. The molecular weight excluding hydrogens is 170 g/mol. The average molecular weight is 184 g/mol. The van der Waals surface area contributed by atoms with Gasteiger partial charge in [-0.3, -0.25) is 0 Å². The molecule has 1 nitrogen and oxygen atoms in total. The first-order chi connectivity index (χ1) is 6.83. The molecule has 2 aromatic rings. The minimum atomic E-state index is 0.154. The van der Waals surface area contributed by atoms with Gasteiger partial charge in [0.05, 0.1) is 0 Å². The van der Waals surface area contributed by atoms with E-state index in [4.69, 9.17) is 0 Å². The van der Waals surface area contributed by atoms with Gasteiger partial charge in [-0.1, -0.05) is 42.5 Å². The quantitative estimate of drug-likeness (QED) is 0.756. The number of hydrogen-bond donors (Lipinski definition) is 1. The van der Waals surface area contributed by atoms with E-state index in [0.717, 1.165) is 0 Å². The first kappa shape index (κ1) is 9.22. The van der Waals surface area contributed by atoms with Crippen LogP contribution in [0.3, 0.4) is 0 Å². The van der Waals surface area contributed by atoms with Crippen molar-refractivity contribution in [2.45, 2.75) is 6.04 Å². The molecule has 1 heteroatoms. The second-order valence-corrected chi connectivity index (χ2v) is 3.41. The molecule has 0 aromatic heterocycles. The molecule has 0 aliphatic rings. The Labute approximate surface area is 84.8 Å². The molecule has 0 fully saturated rings. The Morgan fingerprint density at radius 1 is 1.07 bits per heavy atom. The molecule has 1 N–H and O–H groups in total. The van der Waals surface area contributed by atoms with Crippen LogP contribution in [0.4, 0.5) is 0 Å². The lowest BCUT2D eigenvalue weighted by molar-refractivity contribution is 0.716. The molecule has 2 aromatic carbocycles. The van der Waals surface area contributed by atoms with Crippen molar-refractivity contribution in [3.05, 3.63) is 55.0 Å². The Morgan fingerprint density at radius 3 is 2.57 bits per heavy atom. The van der Waals surface area contributed by atoms with E-state index in [9.17, 15) is 0 Å². The van der Waals surface area contributed by atoms with Crippen LogP contribution >= 0.6 is 0 Å². The lowest BCUT2D eigenvalue weighted by Crippen LogP contribution is -2.12. The van der Waals surface area contributed by atoms with Crippen LogP contribution < -0.4 is 5.32 Å². The summed E-state index contributed by atoms with van der Waals surface area (Å²) >= 11 is 0. The SMILES string of the molecule is [CH2][C@H](NC)c1cccc2ccccc12. The van der Waals surface area contributed by atoms with Crippen LogP contribution in [-0.4, -0.2) is 7.05 Å². The van der Waals surface area contributed by atoms with Gasteiger partial charge in [-0.25, -0.2) is 0 Å². The summed E-state index contributed by atoms with van der Waals surface area (Å²) in [6, 6.07) is 14.9. The monoisotopic (exact) mass is 184 g/mol. The smallest absolute Gasteiger partial charge is 0.0324 e. The van der Waals surface area contributed by atoms with Gasteiger partial charge >= 0.3 is 0 Å². The topological polar surface area (TPSA) is 12.0 Å². The Balaban J connectivity index is 2.65. The van der Waals surface area contributed by atoms with Crippen LogP contribution in [0.2, 0.25) is 0 Å². The van der Waals surface area contributed by atoms with E-state index >= 15 is 0 Å². The summed E-state index contributed by atoms with van der Waals surface area (Å²) in [5.74, 6) is 0. The molecule has 0 unspecified atom stereocenters. The molecule has 71 valence electrons. The Kier molecular flexibility index (Phi) is 2.51. The van der Waals surface area contributed by atoms with Crippen LogP contribution in [0.1, 0.15) is 11.6 Å². The normalized spacial score (nSPS) is 13.0. The van der Waals surface area contributed by atoms with E-state index in [1.807, 2.05) is 7.05 Å². The molecule has 0 amide bonds. The summed E-state index contributed by atoms with van der Waals surface area (Å²) in [6.45, 7) is 4.07. The molecule has 0 saturated carbocycles. The van der Waals surface area contributed by atoms with Gasteiger partial charge in [0, 0.05) is 6.04 Å². The molecule has 14 heavy (non-hydrogen) atoms. The molecule has 0 saturated heterocycles. The van der Waals surface area contributed by atoms with E-state index in [0.29, 0.717) is 0 Å². The van der Waals surface area contributed by atoms with Crippen molar-refractivity contribution in [3.8, 4) is 0 Å². The zero-order valence-electron chi connectivity index (χ0n) is 8.33. The summed E-state index contributed by atoms with van der Waals surface area (Å²) in [6.07, 6.45) is 0. The van der Waals surface area contributed by atoms with Crippen molar-refractivity contribution in [3.63, 3.8) is 0 Å². The van der Waals surface area contributed by atoms with E-state index in [-0.39, 0.29) is 6.04 Å². The molecule has 1 radical (unpaired) electrons. The summed E-state index contributed by atoms with van der Waals surface area (Å²) in [7, 11) is 1.93. The number of nitrogens with one attached hydrogen (secondary N) is 1. The second-order valence-electron chi connectivity index (χ2n) is 3.41. The third kappa shape index (κ3) is 1.51. The summed E-state index contributed by atoms with van der Waals surface area (Å²) in [4.78, 5) is 0. The molecular formula is C13H14N. The summed E-state index contributed by atoms with van der Waals surface area (Å²) in [5, 5.41) is 5.72. The molecule has 0 heterocycles. The lowest BCUT2D eigenvalue weighted by Gasteiger charge is -2.13. The highest BCUT2D eigenvalue weighted by Crippen LogP contribution is 2.23. The third-order valence-corrected chi connectivity index (χ3v) is 2.55. The van der Waals surface area contributed by atoms with Crippen LogP contribution in [0.15, 0.2) is 42.5 Å². The van der Waals surface area contributed by atoms with Gasteiger partial charge in [0.1, 0.15) is 0 Å². The summed E-state index contributed by atoms with van der Waals surface area (Å²) < 4.78 is 0. The Morgan fingerprint density at radius 2 is 1.79 bits per heavy atom. The fraction of sp³-hybridized carbons (Fsp3) is 0.154. The van der Waals surface area contributed by atoms with Crippen molar-refractivity contribution in [2.75, 3.05) is 7.05 Å². The van der Waals surface area contributed by atoms with Gasteiger partial charge in [0.15, 0.2) is 0 Å². The maximum absolute atomic E-state index is 4.07. The van der Waals surface area contributed by atoms with E-state index < -0.39 is 0 Å². The minimum Gasteiger partial charge on any atom is -0.313 e. The van der Waals surface area contributed by atoms with Crippen molar-refractivity contribution in [1.29, 1.82) is 0 Å². The predicted molar refractivity (Wildman–Crippen MR) is 61.1 cm³/mol. The van der Waals surface area contributed by atoms with E-state index in [1.165, 1.54) is 16.3 Å². The van der Waals surface area contributed by atoms with Crippen LogP contribution in [0.5, 0.6) is 0 Å². The van der Waals surface area contributed by atoms with Crippen molar-refractivity contribution >= 4 is 10.8 Å². The van der Waals surface area contributed by atoms with Gasteiger partial charge < -0.3 is 5.32 Å². The van der Waals surface area contributed by atoms with Crippen LogP contribution in [-0.2, 0) is 0 Å². The van der Waals surface area contributed by atoms with Crippen molar-refractivity contribution in [2.24, 2.45) is 0 Å². The highest BCUT2D eigenvalue weighted by molar-refractivity contribution is 5.86.